The highest BCUT2D eigenvalue weighted by atomic mass is 16.3. The van der Waals surface area contributed by atoms with E-state index in [-0.39, 0.29) is 11.5 Å². The first kappa shape index (κ1) is 10.2. The minimum atomic E-state index is -0.162. The first-order valence-electron chi connectivity index (χ1n) is 4.78. The predicted octanol–water partition coefficient (Wildman–Crippen LogP) is 1.86. The van der Waals surface area contributed by atoms with Crippen LogP contribution in [-0.4, -0.2) is 16.6 Å². The summed E-state index contributed by atoms with van der Waals surface area (Å²) in [5.41, 5.74) is 3.42. The van der Waals surface area contributed by atoms with Crippen molar-refractivity contribution < 1.29 is 9.90 Å². The molecule has 2 N–H and O–H groups in total. The van der Waals surface area contributed by atoms with Crippen molar-refractivity contribution in [2.45, 2.75) is 0 Å². The van der Waals surface area contributed by atoms with Crippen LogP contribution in [0.5, 0.6) is 5.75 Å². The number of rotatable bonds is 2. The number of para-hydroxylation sites is 2. The highest BCUT2D eigenvalue weighted by Gasteiger charge is 2.07. The van der Waals surface area contributed by atoms with Crippen molar-refractivity contribution in [2.24, 2.45) is 5.10 Å². The highest BCUT2D eigenvalue weighted by molar-refractivity contribution is 6.48. The second-order valence-corrected chi connectivity index (χ2v) is 3.21. The molecule has 2 rings (SSSR count). The van der Waals surface area contributed by atoms with Crippen LogP contribution in [0.1, 0.15) is 0 Å². The Morgan fingerprint density at radius 1 is 1.12 bits per heavy atom. The molecule has 1 aliphatic carbocycles. The molecule has 16 heavy (non-hydrogen) atoms. The van der Waals surface area contributed by atoms with Crippen molar-refractivity contribution >= 4 is 17.2 Å². The maximum atomic E-state index is 11.3. The zero-order chi connectivity index (χ0) is 11.4. The second kappa shape index (κ2) is 4.44. The van der Waals surface area contributed by atoms with E-state index in [1.54, 1.807) is 42.5 Å². The van der Waals surface area contributed by atoms with E-state index in [4.69, 9.17) is 0 Å². The number of anilines is 1. The third kappa shape index (κ3) is 2.17. The fourth-order valence-electron chi connectivity index (χ4n) is 1.24. The molecule has 4 nitrogen and oxygen atoms in total. The van der Waals surface area contributed by atoms with Gasteiger partial charge in [0.05, 0.1) is 5.69 Å². The van der Waals surface area contributed by atoms with Crippen LogP contribution in [0.4, 0.5) is 5.69 Å². The standard InChI is InChI=1S/C12H10N2O2/c15-11-7-3-1-5-9(11)13-14-10-6-2-4-8-12(10)16/h1-8,13,15H/b14-10+. The molecule has 0 aromatic heterocycles. The maximum absolute atomic E-state index is 11.3. The van der Waals surface area contributed by atoms with Gasteiger partial charge >= 0.3 is 0 Å². The molecule has 0 atom stereocenters. The molecule has 1 aromatic carbocycles. The van der Waals surface area contributed by atoms with Crippen LogP contribution < -0.4 is 5.43 Å². The molecule has 0 unspecified atom stereocenters. The minimum absolute atomic E-state index is 0.0923. The lowest BCUT2D eigenvalue weighted by Crippen LogP contribution is -2.12. The number of carbonyl (C=O) groups excluding carboxylic acids is 1. The van der Waals surface area contributed by atoms with Gasteiger partial charge in [-0.3, -0.25) is 10.2 Å². The predicted molar refractivity (Wildman–Crippen MR) is 62.5 cm³/mol. The van der Waals surface area contributed by atoms with Crippen LogP contribution in [-0.2, 0) is 4.79 Å². The van der Waals surface area contributed by atoms with Gasteiger partial charge in [-0.2, -0.15) is 5.10 Å². The third-order valence-corrected chi connectivity index (χ3v) is 2.07. The Kier molecular flexibility index (Phi) is 2.82. The average Bonchev–Trinajstić information content (AvgIpc) is 2.30. The van der Waals surface area contributed by atoms with Gasteiger partial charge in [-0.25, -0.2) is 0 Å². The smallest absolute Gasteiger partial charge is 0.205 e. The summed E-state index contributed by atoms with van der Waals surface area (Å²) >= 11 is 0. The molecular formula is C12H10N2O2. The molecule has 0 amide bonds. The van der Waals surface area contributed by atoms with Gasteiger partial charge in [-0.15, -0.1) is 0 Å². The van der Waals surface area contributed by atoms with E-state index in [1.165, 1.54) is 6.08 Å². The molecular weight excluding hydrogens is 204 g/mol. The monoisotopic (exact) mass is 214 g/mol. The molecule has 0 saturated carbocycles. The molecule has 0 saturated heterocycles. The fourth-order valence-corrected chi connectivity index (χ4v) is 1.24. The Labute approximate surface area is 92.6 Å². The first-order chi connectivity index (χ1) is 7.77. The van der Waals surface area contributed by atoms with Gasteiger partial charge in [-0.05, 0) is 24.3 Å². The number of benzene rings is 1. The molecule has 1 aliphatic rings. The Balaban J connectivity index is 2.15. The molecule has 1 aromatic rings. The molecule has 80 valence electrons. The van der Waals surface area contributed by atoms with Gasteiger partial charge in [0.25, 0.3) is 0 Å². The Morgan fingerprint density at radius 3 is 2.62 bits per heavy atom. The highest BCUT2D eigenvalue weighted by Crippen LogP contribution is 2.21. The normalized spacial score (nSPS) is 16.8. The summed E-state index contributed by atoms with van der Waals surface area (Å²) in [7, 11) is 0. The van der Waals surface area contributed by atoms with Crippen molar-refractivity contribution in [1.82, 2.24) is 0 Å². The van der Waals surface area contributed by atoms with E-state index >= 15 is 0 Å². The van der Waals surface area contributed by atoms with Crippen molar-refractivity contribution in [3.05, 3.63) is 48.6 Å². The summed E-state index contributed by atoms with van der Waals surface area (Å²) in [5.74, 6) is -0.0694. The molecule has 0 radical (unpaired) electrons. The van der Waals surface area contributed by atoms with Crippen LogP contribution in [0, 0.1) is 0 Å². The summed E-state index contributed by atoms with van der Waals surface area (Å²) in [6.45, 7) is 0. The van der Waals surface area contributed by atoms with Crippen molar-refractivity contribution in [2.75, 3.05) is 5.43 Å². The van der Waals surface area contributed by atoms with Gasteiger partial charge in [0, 0.05) is 0 Å². The molecule has 0 aliphatic heterocycles. The number of allylic oxidation sites excluding steroid dienone is 4. The van der Waals surface area contributed by atoms with E-state index in [0.717, 1.165) is 0 Å². The zero-order valence-electron chi connectivity index (χ0n) is 8.42. The van der Waals surface area contributed by atoms with Crippen LogP contribution in [0.3, 0.4) is 0 Å². The van der Waals surface area contributed by atoms with E-state index in [0.29, 0.717) is 11.4 Å². The molecule has 0 fully saturated rings. The second-order valence-electron chi connectivity index (χ2n) is 3.21. The van der Waals surface area contributed by atoms with Gasteiger partial charge in [0.2, 0.25) is 5.78 Å². The first-order valence-corrected chi connectivity index (χ1v) is 4.78. The Hall–Kier alpha value is -2.36. The summed E-state index contributed by atoms with van der Waals surface area (Å²) in [4.78, 5) is 11.3. The number of hydrogen-bond donors (Lipinski definition) is 2. The number of carbonyl (C=O) groups is 1. The fraction of sp³-hybridized carbons (Fsp3) is 0. The molecule has 0 heterocycles. The van der Waals surface area contributed by atoms with Crippen LogP contribution in [0.25, 0.3) is 0 Å². The zero-order valence-corrected chi connectivity index (χ0v) is 8.42. The largest absolute Gasteiger partial charge is 0.506 e. The average molecular weight is 214 g/mol. The maximum Gasteiger partial charge on any atom is 0.205 e. The SMILES string of the molecule is O=C1C=CC=C/C1=N\Nc1ccccc1O. The number of aromatic hydroxyl groups is 1. The van der Waals surface area contributed by atoms with Gasteiger partial charge < -0.3 is 5.11 Å². The number of ketones is 1. The number of nitrogens with one attached hydrogen (secondary N) is 1. The quantitative estimate of drug-likeness (QED) is 0.448. The minimum Gasteiger partial charge on any atom is -0.506 e. The summed E-state index contributed by atoms with van der Waals surface area (Å²) < 4.78 is 0. The molecule has 0 spiro atoms. The lowest BCUT2D eigenvalue weighted by molar-refractivity contribution is -0.108. The topological polar surface area (TPSA) is 61.7 Å². The number of hydrogen-bond acceptors (Lipinski definition) is 4. The Morgan fingerprint density at radius 2 is 1.88 bits per heavy atom. The van der Waals surface area contributed by atoms with Crippen LogP contribution in [0.2, 0.25) is 0 Å². The van der Waals surface area contributed by atoms with E-state index in [2.05, 4.69) is 10.5 Å². The van der Waals surface area contributed by atoms with E-state index < -0.39 is 0 Å². The van der Waals surface area contributed by atoms with Gasteiger partial charge in [0.1, 0.15) is 11.5 Å². The number of nitrogens with zero attached hydrogens (tertiary/aromatic N) is 1. The van der Waals surface area contributed by atoms with Crippen molar-refractivity contribution in [3.63, 3.8) is 0 Å². The lowest BCUT2D eigenvalue weighted by atomic mass is 10.1. The van der Waals surface area contributed by atoms with Crippen LogP contribution in [0.15, 0.2) is 53.7 Å². The number of hydrazone groups is 1. The van der Waals surface area contributed by atoms with Gasteiger partial charge in [0.15, 0.2) is 0 Å². The van der Waals surface area contributed by atoms with Crippen LogP contribution >= 0.6 is 0 Å². The molecule has 4 heteroatoms. The Bertz CT molecular complexity index is 501. The van der Waals surface area contributed by atoms with E-state index in [9.17, 15) is 9.90 Å². The van der Waals surface area contributed by atoms with Crippen molar-refractivity contribution in [1.29, 1.82) is 0 Å². The lowest BCUT2D eigenvalue weighted by Gasteiger charge is -2.04. The van der Waals surface area contributed by atoms with Gasteiger partial charge in [-0.1, -0.05) is 24.3 Å². The summed E-state index contributed by atoms with van der Waals surface area (Å²) in [6.07, 6.45) is 6.43. The van der Waals surface area contributed by atoms with Crippen molar-refractivity contribution in [3.8, 4) is 5.75 Å². The third-order valence-electron chi connectivity index (χ3n) is 2.07. The molecule has 0 bridgehead atoms. The number of phenols is 1. The van der Waals surface area contributed by atoms with E-state index in [1.807, 2.05) is 0 Å². The number of phenolic OH excluding ortho intramolecular Hbond substituents is 1. The summed E-state index contributed by atoms with van der Waals surface area (Å²) in [5, 5.41) is 13.4. The summed E-state index contributed by atoms with van der Waals surface area (Å²) in [6, 6.07) is 6.69.